The molecule has 4 aliphatic rings. The molecule has 6 rings (SSSR count). The van der Waals surface area contributed by atoms with Crippen LogP contribution in [0.25, 0.3) is 0 Å². The van der Waals surface area contributed by atoms with E-state index in [2.05, 4.69) is 47.4 Å². The minimum Gasteiger partial charge on any atom is -0.480 e. The number of likely N-dealkylation sites (tertiary alicyclic amines) is 2. The van der Waals surface area contributed by atoms with Gasteiger partial charge in [-0.25, -0.2) is 9.59 Å². The Bertz CT molecular complexity index is 1530. The van der Waals surface area contributed by atoms with Crippen LogP contribution in [0, 0.1) is 0 Å². The van der Waals surface area contributed by atoms with Crippen LogP contribution in [0.2, 0.25) is 0 Å². The van der Waals surface area contributed by atoms with E-state index in [0.717, 1.165) is 55.8 Å². The molecule has 5 amide bonds. The normalized spacial score (nSPS) is 20.4. The highest BCUT2D eigenvalue weighted by molar-refractivity contribution is 9.11. The number of carboxylic acids is 1. The van der Waals surface area contributed by atoms with Crippen LogP contribution in [0.15, 0.2) is 45.3 Å². The summed E-state index contributed by atoms with van der Waals surface area (Å²) in [6, 6.07) is 10.8. The summed E-state index contributed by atoms with van der Waals surface area (Å²) in [4.78, 5) is 61.6. The number of nitrogens with one attached hydrogen (secondary N) is 2. The second-order valence-corrected chi connectivity index (χ2v) is 15.1. The van der Waals surface area contributed by atoms with Crippen LogP contribution in [-0.4, -0.2) is 131 Å². The number of piperidine rings is 2. The molecule has 0 bridgehead atoms. The van der Waals surface area contributed by atoms with Gasteiger partial charge < -0.3 is 36.2 Å². The molecule has 2 aromatic rings. The lowest BCUT2D eigenvalue weighted by Crippen LogP contribution is -2.59. The van der Waals surface area contributed by atoms with Crippen LogP contribution in [0.4, 0.5) is 21.0 Å². The van der Waals surface area contributed by atoms with E-state index in [4.69, 9.17) is 10.8 Å². The van der Waals surface area contributed by atoms with Gasteiger partial charge in [-0.2, -0.15) is 0 Å². The number of carbonyl (C=O) groups is 4. The predicted molar refractivity (Wildman–Crippen MR) is 193 cm³/mol. The highest BCUT2D eigenvalue weighted by Crippen LogP contribution is 2.31. The summed E-state index contributed by atoms with van der Waals surface area (Å²) in [5.41, 5.74) is 9.47. The number of hydrogen-bond acceptors (Lipinski definition) is 7. The summed E-state index contributed by atoms with van der Waals surface area (Å²) in [5.74, 6) is -0.916. The summed E-state index contributed by atoms with van der Waals surface area (Å²) < 4.78 is 1.42. The largest absolute Gasteiger partial charge is 0.480 e. The number of halogens is 2. The van der Waals surface area contributed by atoms with Gasteiger partial charge in [-0.1, -0.05) is 18.2 Å². The molecule has 49 heavy (non-hydrogen) atoms. The number of piperazine rings is 1. The lowest BCUT2D eigenvalue weighted by Gasteiger charge is -2.43. The van der Waals surface area contributed by atoms with Gasteiger partial charge in [-0.3, -0.25) is 19.4 Å². The monoisotopic (exact) mass is 802 g/mol. The lowest BCUT2D eigenvalue weighted by molar-refractivity contribution is -0.138. The molecule has 3 saturated heterocycles. The van der Waals surface area contributed by atoms with Crippen molar-refractivity contribution in [3.8, 4) is 0 Å². The summed E-state index contributed by atoms with van der Waals surface area (Å²) >= 11 is 7.02. The molecule has 5 N–H and O–H groups in total. The third-order valence-electron chi connectivity index (χ3n) is 10.3. The van der Waals surface area contributed by atoms with Crippen LogP contribution >= 0.6 is 31.9 Å². The van der Waals surface area contributed by atoms with Crippen molar-refractivity contribution in [2.45, 2.75) is 56.8 Å². The number of nitrogens with two attached hydrogens (primary N) is 1. The maximum absolute atomic E-state index is 14.1. The number of hydrogen-bond donors (Lipinski definition) is 4. The molecule has 4 aliphatic heterocycles. The minimum atomic E-state index is -0.798. The van der Waals surface area contributed by atoms with Crippen LogP contribution in [-0.2, 0) is 22.6 Å². The number of amides is 5. The van der Waals surface area contributed by atoms with Crippen molar-refractivity contribution in [2.24, 2.45) is 0 Å². The molecule has 15 heteroatoms. The SMILES string of the molecule is Nc1c(Br)cc(C[C@@H](NC(=O)N2CCC(N3Cc4ccccc4NC3=O)CC2)C(=O)N2CCN(C3CCN(CC(=O)O)CC3)CC2)cc1Br. The Morgan fingerprint density at radius 2 is 1.53 bits per heavy atom. The van der Waals surface area contributed by atoms with E-state index < -0.39 is 12.0 Å². The zero-order valence-electron chi connectivity index (χ0n) is 27.5. The quantitative estimate of drug-likeness (QED) is 0.296. The van der Waals surface area contributed by atoms with E-state index in [1.54, 1.807) is 4.90 Å². The topological polar surface area (TPSA) is 155 Å². The molecular formula is C34H44Br2N8O5. The Labute approximate surface area is 303 Å². The number of urea groups is 2. The van der Waals surface area contributed by atoms with E-state index in [1.165, 1.54) is 0 Å². The molecular weight excluding hydrogens is 760 g/mol. The number of carboxylic acid groups (broad SMARTS) is 1. The van der Waals surface area contributed by atoms with Crippen LogP contribution in [0.5, 0.6) is 0 Å². The molecule has 1 atom stereocenters. The first-order valence-electron chi connectivity index (χ1n) is 17.0. The number of anilines is 2. The summed E-state index contributed by atoms with van der Waals surface area (Å²) in [5, 5.41) is 15.2. The fourth-order valence-electron chi connectivity index (χ4n) is 7.49. The summed E-state index contributed by atoms with van der Waals surface area (Å²) in [6.07, 6.45) is 3.42. The van der Waals surface area contributed by atoms with E-state index >= 15 is 0 Å². The highest BCUT2D eigenvalue weighted by atomic mass is 79.9. The molecule has 0 radical (unpaired) electrons. The second-order valence-electron chi connectivity index (χ2n) is 13.4. The smallest absolute Gasteiger partial charge is 0.322 e. The Kier molecular flexibility index (Phi) is 11.3. The lowest BCUT2D eigenvalue weighted by atomic mass is 10.0. The second kappa shape index (κ2) is 15.7. The number of para-hydroxylation sites is 1. The van der Waals surface area contributed by atoms with Crippen LogP contribution in [0.1, 0.15) is 36.8 Å². The first kappa shape index (κ1) is 35.4. The number of fused-ring (bicyclic) bond motifs is 1. The maximum Gasteiger partial charge on any atom is 0.322 e. The van der Waals surface area contributed by atoms with Crippen molar-refractivity contribution in [3.63, 3.8) is 0 Å². The first-order chi connectivity index (χ1) is 23.5. The number of nitrogen functional groups attached to an aromatic ring is 1. The molecule has 0 unspecified atom stereocenters. The molecule has 0 aromatic heterocycles. The van der Waals surface area contributed by atoms with Gasteiger partial charge in [-0.15, -0.1) is 0 Å². The van der Waals surface area contributed by atoms with Gasteiger partial charge in [0.05, 0.1) is 12.2 Å². The van der Waals surface area contributed by atoms with E-state index in [-0.39, 0.29) is 30.6 Å². The van der Waals surface area contributed by atoms with Gasteiger partial charge in [0.2, 0.25) is 5.91 Å². The first-order valence-corrected chi connectivity index (χ1v) is 18.6. The van der Waals surface area contributed by atoms with Crippen molar-refractivity contribution < 1.29 is 24.3 Å². The zero-order chi connectivity index (χ0) is 34.7. The number of rotatable bonds is 8. The van der Waals surface area contributed by atoms with Gasteiger partial charge >= 0.3 is 18.0 Å². The van der Waals surface area contributed by atoms with Crippen molar-refractivity contribution >= 4 is 67.2 Å². The Morgan fingerprint density at radius 1 is 0.898 bits per heavy atom. The fourth-order valence-corrected chi connectivity index (χ4v) is 8.77. The van der Waals surface area contributed by atoms with Crippen molar-refractivity contribution in [2.75, 3.05) is 70.0 Å². The fraction of sp³-hybridized carbons (Fsp3) is 0.529. The van der Waals surface area contributed by atoms with Gasteiger partial charge in [0.25, 0.3) is 0 Å². The predicted octanol–water partition coefficient (Wildman–Crippen LogP) is 3.62. The third-order valence-corrected chi connectivity index (χ3v) is 11.6. The maximum atomic E-state index is 14.1. The Morgan fingerprint density at radius 3 is 2.18 bits per heavy atom. The molecule has 0 saturated carbocycles. The van der Waals surface area contributed by atoms with E-state index in [0.29, 0.717) is 72.7 Å². The average Bonchev–Trinajstić information content (AvgIpc) is 3.10. The van der Waals surface area contributed by atoms with Crippen molar-refractivity contribution in [1.29, 1.82) is 0 Å². The van der Waals surface area contributed by atoms with Crippen molar-refractivity contribution in [1.82, 2.24) is 29.8 Å². The molecule has 0 aliphatic carbocycles. The standard InChI is InChI=1S/C34H44Br2N8O5/c35-26-17-22(18-27(36)31(26)37)19-29(32(47)42-15-13-41(14-16-42)24-5-9-40(10-6-24)21-30(45)46)39-33(48)43-11-7-25(8-12-43)44-20-23-3-1-2-4-28(23)38-34(44)49/h1-4,17-18,24-25,29H,5-16,19-21,37H2,(H,38,49)(H,39,48)(H,45,46)/t29-/m1/s1. The van der Waals surface area contributed by atoms with Crippen LogP contribution in [0.3, 0.4) is 0 Å². The summed E-state index contributed by atoms with van der Waals surface area (Å²) in [7, 11) is 0. The number of nitrogens with zero attached hydrogens (tertiary/aromatic N) is 5. The van der Waals surface area contributed by atoms with E-state index in [9.17, 15) is 19.2 Å². The Balaban J connectivity index is 1.07. The molecule has 264 valence electrons. The average molecular weight is 805 g/mol. The summed E-state index contributed by atoms with van der Waals surface area (Å²) in [6.45, 7) is 5.67. The third kappa shape index (κ3) is 8.50. The number of aliphatic carboxylic acids is 1. The van der Waals surface area contributed by atoms with Gasteiger partial charge in [-0.05, 0) is 86.9 Å². The number of carbonyl (C=O) groups excluding carboxylic acids is 3. The molecule has 3 fully saturated rings. The zero-order valence-corrected chi connectivity index (χ0v) is 30.6. The van der Waals surface area contributed by atoms with E-state index in [1.807, 2.05) is 51.1 Å². The molecule has 13 nitrogen and oxygen atoms in total. The van der Waals surface area contributed by atoms with Crippen molar-refractivity contribution in [3.05, 3.63) is 56.5 Å². The van der Waals surface area contributed by atoms with Gasteiger partial charge in [0.15, 0.2) is 0 Å². The minimum absolute atomic E-state index is 0.0139. The molecule has 2 aromatic carbocycles. The highest BCUT2D eigenvalue weighted by Gasteiger charge is 2.36. The van der Waals surface area contributed by atoms with Gasteiger partial charge in [0.1, 0.15) is 6.04 Å². The van der Waals surface area contributed by atoms with Crippen LogP contribution < -0.4 is 16.4 Å². The van der Waals surface area contributed by atoms with Gasteiger partial charge in [0, 0.05) is 92.0 Å². The number of benzene rings is 2. The molecule has 4 heterocycles. The molecule has 0 spiro atoms. The Hall–Kier alpha value is -3.40.